The molecule has 6 nitrogen and oxygen atoms in total. The number of hydrogen-bond acceptors (Lipinski definition) is 4. The highest BCUT2D eigenvalue weighted by Gasteiger charge is 2.53. The van der Waals surface area contributed by atoms with Crippen molar-refractivity contribution < 1.29 is 9.47 Å². The topological polar surface area (TPSA) is 74.8 Å². The third kappa shape index (κ3) is 8.66. The molecule has 3 aliphatic rings. The van der Waals surface area contributed by atoms with Gasteiger partial charge in [0.2, 0.25) is 0 Å². The number of benzene rings is 2. The van der Waals surface area contributed by atoms with Crippen LogP contribution in [-0.4, -0.2) is 39.6 Å². The minimum Gasteiger partial charge on any atom is -0.494 e. The molecule has 0 aliphatic carbocycles. The van der Waals surface area contributed by atoms with Gasteiger partial charge in [-0.25, -0.2) is 4.99 Å². The maximum absolute atomic E-state index is 7.72. The molecule has 55 heavy (non-hydrogen) atoms. The Hall–Kier alpha value is -4.52. The molecular weight excluding hydrogens is 723 g/mol. The molecule has 2 aromatic carbocycles. The second-order valence-electron chi connectivity index (χ2n) is 14.6. The lowest BCUT2D eigenvalue weighted by atomic mass is 9.87. The van der Waals surface area contributed by atoms with Gasteiger partial charge in [-0.1, -0.05) is 126 Å². The zero-order valence-electron chi connectivity index (χ0n) is 32.1. The summed E-state index contributed by atoms with van der Waals surface area (Å²) in [6, 6.07) is 26.3. The third-order valence-corrected chi connectivity index (χ3v) is 11.8. The maximum Gasteiger partial charge on any atom is 0.182 e. The molecule has 4 aromatic rings. The fraction of sp³-hybridized carbons (Fsp3) is 0.362. The lowest BCUT2D eigenvalue weighted by Gasteiger charge is -2.36. The van der Waals surface area contributed by atoms with E-state index >= 15 is 0 Å². The second kappa shape index (κ2) is 18.0. The number of aromatic amines is 2. The summed E-state index contributed by atoms with van der Waals surface area (Å²) in [7, 11) is 0. The Balaban J connectivity index is 1.21. The first kappa shape index (κ1) is 38.7. The molecule has 7 rings (SSSR count). The number of halogens is 2. The van der Waals surface area contributed by atoms with Gasteiger partial charge in [0.1, 0.15) is 11.5 Å². The lowest BCUT2D eigenvalue weighted by molar-refractivity contribution is 0.281. The molecule has 0 radical (unpaired) electrons. The van der Waals surface area contributed by atoms with E-state index in [1.54, 1.807) is 0 Å². The van der Waals surface area contributed by atoms with Gasteiger partial charge in [0.05, 0.1) is 30.0 Å². The van der Waals surface area contributed by atoms with Crippen LogP contribution in [0.1, 0.15) is 107 Å². The molecule has 2 unspecified atom stereocenters. The van der Waals surface area contributed by atoms with Gasteiger partial charge in [0.25, 0.3) is 0 Å². The van der Waals surface area contributed by atoms with Crippen LogP contribution in [0.25, 0.3) is 17.4 Å². The van der Waals surface area contributed by atoms with Crippen molar-refractivity contribution in [3.8, 4) is 5.75 Å². The molecule has 3 aliphatic heterocycles. The third-order valence-electron chi connectivity index (χ3n) is 10.5. The Morgan fingerprint density at radius 2 is 1.36 bits per heavy atom. The van der Waals surface area contributed by atoms with E-state index in [0.717, 1.165) is 75.4 Å². The van der Waals surface area contributed by atoms with E-state index in [1.165, 1.54) is 57.8 Å². The van der Waals surface area contributed by atoms with E-state index in [0.29, 0.717) is 18.1 Å². The minimum absolute atomic E-state index is 0.511. The average molecular weight is 776 g/mol. The molecule has 0 fully saturated rings. The van der Waals surface area contributed by atoms with Crippen molar-refractivity contribution >= 4 is 52.0 Å². The molecule has 0 saturated carbocycles. The van der Waals surface area contributed by atoms with Gasteiger partial charge < -0.3 is 19.4 Å². The normalized spacial score (nSPS) is 20.1. The number of unbranched alkanes of at least 4 members (excludes halogenated alkanes) is 9. The van der Waals surface area contributed by atoms with Crippen LogP contribution in [0.2, 0.25) is 0 Å². The lowest BCUT2D eigenvalue weighted by Crippen LogP contribution is -2.41. The van der Waals surface area contributed by atoms with Crippen LogP contribution in [0.3, 0.4) is 0 Å². The first-order valence-electron chi connectivity index (χ1n) is 20.1. The zero-order chi connectivity index (χ0) is 38.1. The van der Waals surface area contributed by atoms with Gasteiger partial charge in [0.15, 0.2) is 15.6 Å². The van der Waals surface area contributed by atoms with Crippen LogP contribution < -0.4 is 15.4 Å². The van der Waals surface area contributed by atoms with Gasteiger partial charge >= 0.3 is 0 Å². The fourth-order valence-corrected chi connectivity index (χ4v) is 8.24. The van der Waals surface area contributed by atoms with Crippen molar-refractivity contribution in [2.24, 2.45) is 9.98 Å². The number of rotatable bonds is 17. The maximum atomic E-state index is 7.72. The van der Waals surface area contributed by atoms with Gasteiger partial charge in [0, 0.05) is 22.3 Å². The quantitative estimate of drug-likeness (QED) is 0.0637. The highest BCUT2D eigenvalue weighted by Crippen LogP contribution is 2.52. The summed E-state index contributed by atoms with van der Waals surface area (Å²) in [5, 5.41) is 1.69. The summed E-state index contributed by atoms with van der Waals surface area (Å²) in [5.41, 5.74) is 6.66. The SMILES string of the molecule is CCCCCCCCCCCCOc1ccc(C2=c3ccc([nH]3)=C(OCCC)C3=NC(Cl)(C=C3)C(Cl)(c3ccccc3)c3ccc([nH]3)C=C3C=CC2=N3)cc1. The van der Waals surface area contributed by atoms with Crippen molar-refractivity contribution in [1.82, 2.24) is 9.97 Å². The van der Waals surface area contributed by atoms with E-state index in [4.69, 9.17) is 42.7 Å². The molecule has 286 valence electrons. The number of allylic oxidation sites excluding steroid dienone is 2. The summed E-state index contributed by atoms with van der Waals surface area (Å²) in [5.74, 6) is 1.48. The largest absolute Gasteiger partial charge is 0.494 e. The summed E-state index contributed by atoms with van der Waals surface area (Å²) >= 11 is 15.2. The van der Waals surface area contributed by atoms with Crippen LogP contribution in [0.15, 0.2) is 119 Å². The van der Waals surface area contributed by atoms with Crippen molar-refractivity contribution in [1.29, 1.82) is 0 Å². The second-order valence-corrected chi connectivity index (χ2v) is 15.8. The number of ether oxygens (including phenoxy) is 2. The molecule has 2 N–H and O–H groups in total. The number of alkyl halides is 2. The molecule has 0 amide bonds. The van der Waals surface area contributed by atoms with E-state index < -0.39 is 9.87 Å². The number of nitrogens with one attached hydrogen (secondary N) is 2. The number of aliphatic imine (C=N–C) groups is 2. The van der Waals surface area contributed by atoms with Gasteiger partial charge in [-0.15, -0.1) is 11.6 Å². The predicted octanol–water partition coefficient (Wildman–Crippen LogP) is 10.9. The van der Waals surface area contributed by atoms with Crippen molar-refractivity contribution in [2.45, 2.75) is 94.3 Å². The summed E-state index contributed by atoms with van der Waals surface area (Å²) in [6.07, 6.45) is 23.8. The molecule has 8 heteroatoms. The Morgan fingerprint density at radius 1 is 0.636 bits per heavy atom. The van der Waals surface area contributed by atoms with E-state index in [2.05, 4.69) is 60.2 Å². The molecule has 0 saturated heterocycles. The van der Waals surface area contributed by atoms with Gasteiger partial charge in [-0.3, -0.25) is 4.99 Å². The summed E-state index contributed by atoms with van der Waals surface area (Å²) in [6.45, 7) is 5.60. The Labute approximate surface area is 335 Å². The minimum atomic E-state index is -1.36. The van der Waals surface area contributed by atoms with Crippen LogP contribution >= 0.6 is 23.2 Å². The number of H-pyrrole nitrogens is 2. The first-order chi connectivity index (χ1) is 26.9. The standard InChI is InChI=1S/C47H52Cl2N4O2/c1-3-5-6-7-8-9-10-11-12-16-32-54-38-23-19-34(20-24-38)44-39-25-21-36(50-39)33-37-22-28-43(51-37)47(49,35-17-14-13-15-18-35)46(48)30-29-42(53-46)45(55-31-4-2)41-27-26-40(44)52-41/h13-15,17-30,33,51-52H,3-12,16,31-32H2,1-2H3. The molecule has 8 bridgehead atoms. The van der Waals surface area contributed by atoms with Crippen LogP contribution in [0, 0.1) is 0 Å². The first-order valence-corrected chi connectivity index (χ1v) is 20.9. The fourth-order valence-electron chi connectivity index (χ4n) is 7.53. The average Bonchev–Trinajstić information content (AvgIpc) is 4.04. The summed E-state index contributed by atoms with van der Waals surface area (Å²) < 4.78 is 12.6. The zero-order valence-corrected chi connectivity index (χ0v) is 33.6. The van der Waals surface area contributed by atoms with E-state index in [1.807, 2.05) is 72.8 Å². The van der Waals surface area contributed by atoms with Crippen molar-refractivity contribution in [3.05, 3.63) is 142 Å². The molecule has 5 heterocycles. The van der Waals surface area contributed by atoms with Crippen LogP contribution in [-0.2, 0) is 9.61 Å². The molecular formula is C47H52Cl2N4O2. The molecule has 2 aromatic heterocycles. The van der Waals surface area contributed by atoms with E-state index in [-0.39, 0.29) is 0 Å². The van der Waals surface area contributed by atoms with Crippen molar-refractivity contribution in [2.75, 3.05) is 13.2 Å². The number of hydrogen-bond donors (Lipinski definition) is 2. The highest BCUT2D eigenvalue weighted by atomic mass is 35.5. The molecule has 0 spiro atoms. The predicted molar refractivity (Wildman–Crippen MR) is 230 cm³/mol. The Morgan fingerprint density at radius 3 is 2.11 bits per heavy atom. The van der Waals surface area contributed by atoms with Crippen LogP contribution in [0.5, 0.6) is 5.75 Å². The Bertz CT molecular complexity index is 2210. The summed E-state index contributed by atoms with van der Waals surface area (Å²) in [4.78, 5) is 14.8. The number of fused-ring (bicyclic) bond motifs is 6. The Kier molecular flexibility index (Phi) is 12.6. The smallest absolute Gasteiger partial charge is 0.182 e. The van der Waals surface area contributed by atoms with E-state index in [9.17, 15) is 0 Å². The monoisotopic (exact) mass is 774 g/mol. The van der Waals surface area contributed by atoms with Gasteiger partial charge in [-0.05, 0) is 90.7 Å². The number of nitrogens with zero attached hydrogens (tertiary/aromatic N) is 2. The highest BCUT2D eigenvalue weighted by molar-refractivity contribution is 6.39. The van der Waals surface area contributed by atoms with Crippen LogP contribution in [0.4, 0.5) is 0 Å². The van der Waals surface area contributed by atoms with Crippen molar-refractivity contribution in [3.63, 3.8) is 0 Å². The van der Waals surface area contributed by atoms with Gasteiger partial charge in [-0.2, -0.15) is 0 Å². The molecule has 2 atom stereocenters. The number of aromatic nitrogens is 2.